The van der Waals surface area contributed by atoms with Gasteiger partial charge >= 0.3 is 5.97 Å². The summed E-state index contributed by atoms with van der Waals surface area (Å²) < 4.78 is 5.02. The molecule has 0 aliphatic heterocycles. The van der Waals surface area contributed by atoms with Crippen molar-refractivity contribution >= 4 is 17.8 Å². The van der Waals surface area contributed by atoms with Gasteiger partial charge in [-0.15, -0.1) is 0 Å². The summed E-state index contributed by atoms with van der Waals surface area (Å²) in [4.78, 5) is 33.5. The summed E-state index contributed by atoms with van der Waals surface area (Å²) in [6.07, 6.45) is 1.83. The molecular formula is C12H15N3O5. The van der Waals surface area contributed by atoms with Crippen LogP contribution in [0.1, 0.15) is 47.8 Å². The predicted octanol–water partition coefficient (Wildman–Crippen LogP) is 0.000500. The van der Waals surface area contributed by atoms with Crippen molar-refractivity contribution in [2.24, 2.45) is 5.73 Å². The van der Waals surface area contributed by atoms with E-state index in [1.54, 1.807) is 0 Å². The van der Waals surface area contributed by atoms with E-state index in [1.165, 1.54) is 6.07 Å². The van der Waals surface area contributed by atoms with Crippen LogP contribution in [0.5, 0.6) is 0 Å². The van der Waals surface area contributed by atoms with E-state index in [2.05, 4.69) is 10.5 Å². The summed E-state index contributed by atoms with van der Waals surface area (Å²) in [6, 6.07) is 0.330. The molecule has 0 saturated heterocycles. The van der Waals surface area contributed by atoms with Gasteiger partial charge in [0.15, 0.2) is 5.69 Å². The van der Waals surface area contributed by atoms with Crippen LogP contribution in [0.15, 0.2) is 10.6 Å². The fraction of sp³-hybridized carbons (Fsp3) is 0.500. The minimum Gasteiger partial charge on any atom is -0.480 e. The topological polar surface area (TPSA) is 136 Å². The maximum atomic E-state index is 11.8. The third kappa shape index (κ3) is 3.56. The summed E-state index contributed by atoms with van der Waals surface area (Å²) in [5, 5.41) is 14.9. The van der Waals surface area contributed by atoms with Crippen LogP contribution in [0, 0.1) is 0 Å². The van der Waals surface area contributed by atoms with Gasteiger partial charge in [0.25, 0.3) is 5.91 Å². The SMILES string of the molecule is NC(=O)CCC(NC(=O)c1cc(C2CC2)on1)C(=O)O. The molecule has 8 heteroatoms. The van der Waals surface area contributed by atoms with Gasteiger partial charge < -0.3 is 20.7 Å². The van der Waals surface area contributed by atoms with Crippen LogP contribution in [0.4, 0.5) is 0 Å². The number of carboxylic acids is 1. The smallest absolute Gasteiger partial charge is 0.326 e. The van der Waals surface area contributed by atoms with Crippen LogP contribution >= 0.6 is 0 Å². The summed E-state index contributed by atoms with van der Waals surface area (Å²) in [5.74, 6) is -1.54. The van der Waals surface area contributed by atoms with Crippen LogP contribution in [0.3, 0.4) is 0 Å². The van der Waals surface area contributed by atoms with Crippen LogP contribution in [0.25, 0.3) is 0 Å². The highest BCUT2D eigenvalue weighted by atomic mass is 16.5. The number of carbonyl (C=O) groups excluding carboxylic acids is 2. The van der Waals surface area contributed by atoms with Crippen molar-refractivity contribution < 1.29 is 24.0 Å². The molecule has 1 aromatic heterocycles. The first kappa shape index (κ1) is 14.0. The second-order valence-corrected chi connectivity index (χ2v) is 4.76. The molecule has 2 amide bonds. The Balaban J connectivity index is 1.95. The van der Waals surface area contributed by atoms with Crippen molar-refractivity contribution in [3.05, 3.63) is 17.5 Å². The number of rotatable bonds is 7. The molecule has 1 aromatic rings. The van der Waals surface area contributed by atoms with Crippen molar-refractivity contribution in [3.8, 4) is 0 Å². The minimum atomic E-state index is -1.23. The number of nitrogens with zero attached hydrogens (tertiary/aromatic N) is 1. The maximum absolute atomic E-state index is 11.8. The third-order valence-corrected chi connectivity index (χ3v) is 3.02. The average Bonchev–Trinajstić information content (AvgIpc) is 3.11. The standard InChI is InChI=1S/C12H15N3O5/c13-10(16)4-3-7(12(18)19)14-11(17)8-5-9(20-15-8)6-1-2-6/h5-7H,1-4H2,(H2,13,16)(H,14,17)(H,18,19). The molecule has 0 bridgehead atoms. The minimum absolute atomic E-state index is 0.0391. The van der Waals surface area contributed by atoms with Crippen molar-refractivity contribution in [2.75, 3.05) is 0 Å². The van der Waals surface area contributed by atoms with E-state index in [0.29, 0.717) is 11.7 Å². The van der Waals surface area contributed by atoms with E-state index in [4.69, 9.17) is 15.4 Å². The number of primary amides is 1. The monoisotopic (exact) mass is 281 g/mol. The number of amides is 2. The Labute approximate surface area is 114 Å². The summed E-state index contributed by atoms with van der Waals surface area (Å²) in [6.45, 7) is 0. The quantitative estimate of drug-likeness (QED) is 0.643. The van der Waals surface area contributed by atoms with Gasteiger partial charge in [0.05, 0.1) is 0 Å². The number of nitrogens with two attached hydrogens (primary N) is 1. The molecule has 1 aliphatic carbocycles. The van der Waals surface area contributed by atoms with Crippen molar-refractivity contribution in [1.82, 2.24) is 10.5 Å². The molecule has 2 rings (SSSR count). The molecule has 4 N–H and O–H groups in total. The zero-order valence-electron chi connectivity index (χ0n) is 10.7. The third-order valence-electron chi connectivity index (χ3n) is 3.02. The van der Waals surface area contributed by atoms with Crippen molar-refractivity contribution in [2.45, 2.75) is 37.6 Å². The van der Waals surface area contributed by atoms with Crippen molar-refractivity contribution in [3.63, 3.8) is 0 Å². The second-order valence-electron chi connectivity index (χ2n) is 4.76. The number of aromatic nitrogens is 1. The Bertz CT molecular complexity index is 535. The molecule has 0 radical (unpaired) electrons. The van der Waals surface area contributed by atoms with Gasteiger partial charge in [0.2, 0.25) is 5.91 Å². The lowest BCUT2D eigenvalue weighted by atomic mass is 10.1. The molecule has 1 aliphatic rings. The number of hydrogen-bond acceptors (Lipinski definition) is 5. The number of hydrogen-bond donors (Lipinski definition) is 3. The molecular weight excluding hydrogens is 266 g/mol. The van der Waals surface area contributed by atoms with E-state index < -0.39 is 23.8 Å². The molecule has 1 atom stereocenters. The molecule has 1 unspecified atom stereocenters. The van der Waals surface area contributed by atoms with Crippen LogP contribution in [-0.2, 0) is 9.59 Å². The van der Waals surface area contributed by atoms with Gasteiger partial charge in [-0.3, -0.25) is 9.59 Å². The Kier molecular flexibility index (Phi) is 4.02. The first-order valence-electron chi connectivity index (χ1n) is 6.26. The van der Waals surface area contributed by atoms with Crippen molar-refractivity contribution in [1.29, 1.82) is 0 Å². The summed E-state index contributed by atoms with van der Waals surface area (Å²) in [7, 11) is 0. The predicted molar refractivity (Wildman–Crippen MR) is 65.8 cm³/mol. The van der Waals surface area contributed by atoms with Gasteiger partial charge in [-0.05, 0) is 19.3 Å². The Morgan fingerprint density at radius 3 is 2.75 bits per heavy atom. The summed E-state index contributed by atoms with van der Waals surface area (Å²) in [5.41, 5.74) is 4.99. The Hall–Kier alpha value is -2.38. The van der Waals surface area contributed by atoms with E-state index in [-0.39, 0.29) is 18.5 Å². The van der Waals surface area contributed by atoms with Gasteiger partial charge in [-0.25, -0.2) is 4.79 Å². The Morgan fingerprint density at radius 1 is 1.50 bits per heavy atom. The van der Waals surface area contributed by atoms with E-state index >= 15 is 0 Å². The van der Waals surface area contributed by atoms with Crippen LogP contribution in [-0.4, -0.2) is 34.1 Å². The number of nitrogens with one attached hydrogen (secondary N) is 1. The first-order chi connectivity index (χ1) is 9.47. The highest BCUT2D eigenvalue weighted by Crippen LogP contribution is 2.40. The largest absolute Gasteiger partial charge is 0.480 e. The normalized spacial score (nSPS) is 15.6. The highest BCUT2D eigenvalue weighted by molar-refractivity contribution is 5.95. The summed E-state index contributed by atoms with van der Waals surface area (Å²) >= 11 is 0. The lowest BCUT2D eigenvalue weighted by Crippen LogP contribution is -2.41. The van der Waals surface area contributed by atoms with E-state index in [1.807, 2.05) is 0 Å². The molecule has 0 aromatic carbocycles. The van der Waals surface area contributed by atoms with Gasteiger partial charge in [-0.1, -0.05) is 5.16 Å². The number of carboxylic acid groups (broad SMARTS) is 1. The zero-order chi connectivity index (χ0) is 14.7. The molecule has 1 fully saturated rings. The second kappa shape index (κ2) is 5.72. The van der Waals surface area contributed by atoms with E-state index in [9.17, 15) is 14.4 Å². The molecule has 1 saturated carbocycles. The zero-order valence-corrected chi connectivity index (χ0v) is 10.7. The molecule has 8 nitrogen and oxygen atoms in total. The fourth-order valence-corrected chi connectivity index (χ4v) is 1.73. The lowest BCUT2D eigenvalue weighted by Gasteiger charge is -2.12. The maximum Gasteiger partial charge on any atom is 0.326 e. The van der Waals surface area contributed by atoms with Crippen LogP contribution in [0.2, 0.25) is 0 Å². The lowest BCUT2D eigenvalue weighted by molar-refractivity contribution is -0.139. The Morgan fingerprint density at radius 2 is 2.20 bits per heavy atom. The molecule has 20 heavy (non-hydrogen) atoms. The number of carbonyl (C=O) groups is 3. The highest BCUT2D eigenvalue weighted by Gasteiger charge is 2.29. The first-order valence-corrected chi connectivity index (χ1v) is 6.26. The fourth-order valence-electron chi connectivity index (χ4n) is 1.73. The number of aliphatic carboxylic acids is 1. The molecule has 1 heterocycles. The van der Waals surface area contributed by atoms with Gasteiger partial charge in [0.1, 0.15) is 11.8 Å². The van der Waals surface area contributed by atoms with Crippen LogP contribution < -0.4 is 11.1 Å². The van der Waals surface area contributed by atoms with Gasteiger partial charge in [0, 0.05) is 18.4 Å². The molecule has 0 spiro atoms. The van der Waals surface area contributed by atoms with E-state index in [0.717, 1.165) is 12.8 Å². The van der Waals surface area contributed by atoms with Gasteiger partial charge in [-0.2, -0.15) is 0 Å². The average molecular weight is 281 g/mol. The molecule has 108 valence electrons.